The molecule has 9 nitrogen and oxygen atoms in total. The molecule has 338 valence electrons. The first-order valence-corrected chi connectivity index (χ1v) is 13.7. The highest BCUT2D eigenvalue weighted by Gasteiger charge is 2.31. The molecule has 0 heterocycles. The standard InChI is InChI=1S/C12H22F2O5.C9H16O4.C3H7F.C2H2F4.CH2F2.CH3F.6CH4.H2/c1-4-16-9-17-5-6-18-11(15)12(2,3)8-19-10(14)7-13;1-8(2)9(10)13-7-6-12-5-4-11-3;1-2-3-4;3-1-2(4,5)6;2-1-3;1-2;;;;;;;/h10H,4-9H2,1-3H3;1,4-7H2,2-3H3;2-3H2,1H3;1H2;1H2;1H3;6*1H4;1H/i;;;;;;;;;;;;1+1. The molecule has 0 bridgehead atoms. The van der Waals surface area contributed by atoms with Gasteiger partial charge in [0.2, 0.25) is 13.3 Å². The molecule has 0 aliphatic heterocycles. The van der Waals surface area contributed by atoms with Crippen LogP contribution in [-0.4, -0.2) is 125 Å². The van der Waals surface area contributed by atoms with Crippen LogP contribution in [-0.2, 0) is 42.7 Å². The van der Waals surface area contributed by atoms with Gasteiger partial charge in [0.05, 0.1) is 52.3 Å². The van der Waals surface area contributed by atoms with E-state index < -0.39 is 44.2 Å². The summed E-state index contributed by atoms with van der Waals surface area (Å²) in [6, 6.07) is 0. The van der Waals surface area contributed by atoms with Gasteiger partial charge in [-0.1, -0.05) is 58.1 Å². The third kappa shape index (κ3) is 88.8. The number of hydrogen-bond donors (Lipinski definition) is 0. The molecular weight excluding hydrogens is 742 g/mol. The van der Waals surface area contributed by atoms with Crippen molar-refractivity contribution in [3.8, 4) is 0 Å². The van der Waals surface area contributed by atoms with E-state index >= 15 is 0 Å². The number of esters is 2. The molecule has 0 aromatic rings. The van der Waals surface area contributed by atoms with Crippen molar-refractivity contribution in [3.05, 3.63) is 12.2 Å². The van der Waals surface area contributed by atoms with Gasteiger partial charge in [-0.15, -0.1) is 0 Å². The Morgan fingerprint density at radius 1 is 0.755 bits per heavy atom. The minimum atomic E-state index is -4.62. The van der Waals surface area contributed by atoms with Gasteiger partial charge in [0.25, 0.3) is 0 Å². The van der Waals surface area contributed by atoms with Crippen LogP contribution in [0.3, 0.4) is 0 Å². The van der Waals surface area contributed by atoms with E-state index in [0.29, 0.717) is 45.6 Å². The summed E-state index contributed by atoms with van der Waals surface area (Å²) in [4.78, 5) is 22.5. The zero-order valence-electron chi connectivity index (χ0n) is 28.1. The van der Waals surface area contributed by atoms with Crippen molar-refractivity contribution in [2.75, 3.05) is 101 Å². The fourth-order valence-corrected chi connectivity index (χ4v) is 1.55. The normalized spacial score (nSPS) is 9.53. The van der Waals surface area contributed by atoms with Crippen molar-refractivity contribution in [2.24, 2.45) is 5.41 Å². The monoisotopic (exact) mass is 822 g/mol. The average molecular weight is 822 g/mol. The minimum absolute atomic E-state index is 0. The van der Waals surface area contributed by atoms with Crippen LogP contribution in [0.25, 0.3) is 0 Å². The number of carbonyl (C=O) groups is 2. The summed E-state index contributed by atoms with van der Waals surface area (Å²) >= 11 is 0. The van der Waals surface area contributed by atoms with Crippen molar-refractivity contribution in [2.45, 2.75) is 98.1 Å². The maximum atomic E-state index is 12.6. The first-order chi connectivity index (χ1) is 22.0. The molecule has 0 rings (SSSR count). The maximum absolute atomic E-state index is 12.6. The van der Waals surface area contributed by atoms with Gasteiger partial charge in [-0.2, -0.15) is 13.2 Å². The van der Waals surface area contributed by atoms with E-state index in [1.165, 1.54) is 13.8 Å². The highest BCUT2D eigenvalue weighted by atomic mass is 19.4. The SMILES string of the molecule is C.C.C.C.C.C.C=C(C)C(=O)OCCOCCOC.CCCF.CCOCOCCOC(=O)C(C)(C)COC(F)CF.CF.FCC(F)(F)F.FCF.[2HH]. The van der Waals surface area contributed by atoms with Gasteiger partial charge >= 0.3 is 18.1 Å². The predicted molar refractivity (Wildman–Crippen MR) is 197 cm³/mol. The van der Waals surface area contributed by atoms with Gasteiger partial charge in [-0.25, -0.2) is 26.7 Å². The zero-order valence-corrected chi connectivity index (χ0v) is 28.1. The van der Waals surface area contributed by atoms with E-state index in [0.717, 1.165) is 0 Å². The van der Waals surface area contributed by atoms with Gasteiger partial charge < -0.3 is 33.2 Å². The third-order valence-corrected chi connectivity index (χ3v) is 3.71. The molecule has 0 aliphatic carbocycles. The van der Waals surface area contributed by atoms with Crippen molar-refractivity contribution in [3.63, 3.8) is 0 Å². The van der Waals surface area contributed by atoms with Gasteiger partial charge in [-0.3, -0.25) is 13.6 Å². The minimum Gasteiger partial charge on any atom is -0.463 e. The van der Waals surface area contributed by atoms with Crippen molar-refractivity contribution in [1.82, 2.24) is 0 Å². The van der Waals surface area contributed by atoms with Gasteiger partial charge in [-0.05, 0) is 34.1 Å². The molecule has 0 fully saturated rings. The first kappa shape index (κ1) is 83.7. The zero-order chi connectivity index (χ0) is 38.2. The Balaban J connectivity index is -0.0000000384. The lowest BCUT2D eigenvalue weighted by atomic mass is 9.95. The number of methoxy groups -OCH3 is 1. The van der Waals surface area contributed by atoms with E-state index in [1.807, 2.05) is 6.92 Å². The second kappa shape index (κ2) is 64.7. The number of halogens is 10. The highest BCUT2D eigenvalue weighted by Crippen LogP contribution is 2.19. The lowest BCUT2D eigenvalue weighted by Gasteiger charge is -2.22. The number of hydrogen-bond acceptors (Lipinski definition) is 9. The summed E-state index contributed by atoms with van der Waals surface area (Å²) < 4.78 is 140. The Bertz CT molecular complexity index is 670. The van der Waals surface area contributed by atoms with Crippen molar-refractivity contribution >= 4 is 11.9 Å². The molecule has 0 amide bonds. The molecule has 1 atom stereocenters. The van der Waals surface area contributed by atoms with Crippen LogP contribution in [0, 0.1) is 5.41 Å². The topological polar surface area (TPSA) is 98.8 Å². The van der Waals surface area contributed by atoms with Crippen molar-refractivity contribution < 1.29 is 88.1 Å². The molecule has 19 heteroatoms. The maximum Gasteiger partial charge on any atom is 0.416 e. The fourth-order valence-electron chi connectivity index (χ4n) is 1.55. The van der Waals surface area contributed by atoms with Crippen LogP contribution in [0.15, 0.2) is 12.2 Å². The Kier molecular flexibility index (Phi) is 102. The second-order valence-electron chi connectivity index (χ2n) is 8.47. The van der Waals surface area contributed by atoms with Crippen LogP contribution in [0.1, 0.15) is 87.0 Å². The number of carbonyl (C=O) groups excluding carboxylic acids is 2. The van der Waals surface area contributed by atoms with Crippen LogP contribution in [0.5, 0.6) is 0 Å². The lowest BCUT2D eigenvalue weighted by Crippen LogP contribution is -2.33. The molecule has 0 saturated carbocycles. The van der Waals surface area contributed by atoms with E-state index in [4.69, 9.17) is 28.4 Å². The molecule has 0 radical (unpaired) electrons. The smallest absolute Gasteiger partial charge is 0.416 e. The third-order valence-electron chi connectivity index (χ3n) is 3.71. The van der Waals surface area contributed by atoms with Gasteiger partial charge in [0.1, 0.15) is 26.7 Å². The summed E-state index contributed by atoms with van der Waals surface area (Å²) in [5.41, 5.74) is -0.642. The Morgan fingerprint density at radius 2 is 1.15 bits per heavy atom. The Morgan fingerprint density at radius 3 is 1.49 bits per heavy atom. The molecular formula is C34H78F10O9. The first-order valence-electron chi connectivity index (χ1n) is 13.7. The lowest BCUT2D eigenvalue weighted by molar-refractivity contribution is -0.165. The van der Waals surface area contributed by atoms with E-state index in [-0.39, 0.29) is 91.9 Å². The quantitative estimate of drug-likeness (QED) is 0.0415. The van der Waals surface area contributed by atoms with Crippen molar-refractivity contribution in [1.29, 1.82) is 0 Å². The van der Waals surface area contributed by atoms with Crippen LogP contribution in [0.2, 0.25) is 0 Å². The molecule has 0 aromatic heterocycles. The highest BCUT2D eigenvalue weighted by molar-refractivity contribution is 5.86. The summed E-state index contributed by atoms with van der Waals surface area (Å²) in [5, 5.41) is 0. The van der Waals surface area contributed by atoms with Crippen LogP contribution < -0.4 is 0 Å². The summed E-state index contributed by atoms with van der Waals surface area (Å²) in [6.07, 6.45) is -5.98. The summed E-state index contributed by atoms with van der Waals surface area (Å²) in [6.45, 7) is 8.77. The molecule has 0 saturated heterocycles. The van der Waals surface area contributed by atoms with Crippen LogP contribution in [0.4, 0.5) is 43.9 Å². The second-order valence-corrected chi connectivity index (χ2v) is 8.47. The predicted octanol–water partition coefficient (Wildman–Crippen LogP) is 11.0. The fraction of sp³-hybridized carbons (Fsp3) is 0.882. The molecule has 0 aromatic carbocycles. The number of alkyl halides is 10. The van der Waals surface area contributed by atoms with E-state index in [9.17, 15) is 53.5 Å². The average Bonchev–Trinajstić information content (AvgIpc) is 3.04. The molecule has 0 N–H and O–H groups in total. The number of rotatable bonds is 19. The summed E-state index contributed by atoms with van der Waals surface area (Å²) in [5.74, 6) is -0.936. The molecule has 0 spiro atoms. The largest absolute Gasteiger partial charge is 0.463 e. The molecule has 53 heavy (non-hydrogen) atoms. The summed E-state index contributed by atoms with van der Waals surface area (Å²) in [7, 11) is 2.10. The Labute approximate surface area is 316 Å². The molecule has 0 aliphatic rings. The molecule has 1 unspecified atom stereocenters. The van der Waals surface area contributed by atoms with E-state index in [1.54, 1.807) is 21.0 Å². The van der Waals surface area contributed by atoms with Gasteiger partial charge in [0, 0.05) is 20.7 Å². The number of ether oxygens (including phenoxy) is 7. The Hall–Kier alpha value is -2.22. The van der Waals surface area contributed by atoms with Crippen LogP contribution >= 0.6 is 0 Å². The van der Waals surface area contributed by atoms with E-state index in [2.05, 4.69) is 11.3 Å². The van der Waals surface area contributed by atoms with Gasteiger partial charge in [0.15, 0.2) is 6.67 Å².